The second-order valence-corrected chi connectivity index (χ2v) is 9.87. The van der Waals surface area contributed by atoms with Crippen molar-refractivity contribution >= 4 is 56.0 Å². The van der Waals surface area contributed by atoms with Crippen LogP contribution in [0.15, 0.2) is 30.5 Å². The lowest BCUT2D eigenvalue weighted by atomic mass is 10.2. The van der Waals surface area contributed by atoms with Crippen molar-refractivity contribution in [1.29, 1.82) is 0 Å². The fourth-order valence-corrected chi connectivity index (χ4v) is 5.81. The van der Waals surface area contributed by atoms with Gasteiger partial charge >= 0.3 is 6.03 Å². The number of nitrogens with zero attached hydrogens (tertiary/aromatic N) is 3. The van der Waals surface area contributed by atoms with Crippen LogP contribution in [-0.2, 0) is 4.74 Å². The maximum Gasteiger partial charge on any atom is 0.327 e. The highest BCUT2D eigenvalue weighted by molar-refractivity contribution is 7.21. The molecule has 1 fully saturated rings. The molecule has 2 amide bonds. The van der Waals surface area contributed by atoms with E-state index < -0.39 is 11.8 Å². The minimum absolute atomic E-state index is 0.0203. The predicted octanol–water partition coefficient (Wildman–Crippen LogP) is 5.54. The Hall–Kier alpha value is -3.65. The van der Waals surface area contributed by atoms with Crippen molar-refractivity contribution in [3.05, 3.63) is 51.9 Å². The third-order valence-corrected chi connectivity index (χ3v) is 7.87. The second-order valence-electron chi connectivity index (χ2n) is 8.44. The molecule has 3 aromatic heterocycles. The Morgan fingerprint density at radius 3 is 2.92 bits per heavy atom. The average molecular weight is 541 g/mol. The van der Waals surface area contributed by atoms with Crippen molar-refractivity contribution in [3.63, 3.8) is 0 Å². The number of carbonyl (C=O) groups excluding carboxylic acids is 2. The van der Waals surface area contributed by atoms with E-state index in [9.17, 15) is 9.59 Å². The van der Waals surface area contributed by atoms with E-state index in [1.807, 2.05) is 0 Å². The van der Waals surface area contributed by atoms with Gasteiger partial charge < -0.3 is 19.7 Å². The van der Waals surface area contributed by atoms with Crippen molar-refractivity contribution < 1.29 is 23.5 Å². The molecule has 1 saturated heterocycles. The molecule has 0 spiro atoms. The van der Waals surface area contributed by atoms with E-state index in [0.717, 1.165) is 12.8 Å². The first kappa shape index (κ1) is 25.0. The maximum atomic E-state index is 15.7. The number of nitrogens with one attached hydrogen (secondary N) is 1. The van der Waals surface area contributed by atoms with Gasteiger partial charge in [-0.05, 0) is 38.0 Å². The molecular weight excluding hydrogens is 519 g/mol. The van der Waals surface area contributed by atoms with E-state index in [4.69, 9.17) is 27.5 Å². The molecule has 1 aromatic carbocycles. The van der Waals surface area contributed by atoms with E-state index >= 15 is 4.39 Å². The molecule has 0 saturated carbocycles. The number of aromatic nitrogens is 2. The number of fused-ring (bicyclic) bond motifs is 2. The van der Waals surface area contributed by atoms with Gasteiger partial charge in [-0.15, -0.1) is 17.8 Å². The Labute approximate surface area is 220 Å². The van der Waals surface area contributed by atoms with Crippen molar-refractivity contribution in [3.8, 4) is 23.8 Å². The number of amides is 2. The zero-order valence-corrected chi connectivity index (χ0v) is 21.6. The number of methoxy groups -OCH3 is 1. The van der Waals surface area contributed by atoms with E-state index in [2.05, 4.69) is 16.2 Å². The summed E-state index contributed by atoms with van der Waals surface area (Å²) >= 11 is 7.65. The summed E-state index contributed by atoms with van der Waals surface area (Å²) in [4.78, 5) is 32.2. The molecule has 0 bridgehead atoms. The summed E-state index contributed by atoms with van der Waals surface area (Å²) in [5.41, 5.74) is 1.21. The molecule has 4 aromatic rings. The third kappa shape index (κ3) is 4.29. The minimum Gasteiger partial charge on any atom is -0.453 e. The normalized spacial score (nSPS) is 15.3. The Bertz CT molecular complexity index is 1590. The van der Waals surface area contributed by atoms with Gasteiger partial charge in [0.05, 0.1) is 37.6 Å². The molecule has 0 aliphatic carbocycles. The van der Waals surface area contributed by atoms with Gasteiger partial charge in [0.2, 0.25) is 0 Å². The van der Waals surface area contributed by atoms with Gasteiger partial charge in [-0.2, -0.15) is 0 Å². The number of ether oxygens (including phenoxy) is 2. The van der Waals surface area contributed by atoms with Crippen molar-refractivity contribution in [2.75, 3.05) is 20.2 Å². The van der Waals surface area contributed by atoms with Crippen LogP contribution in [0, 0.1) is 25.1 Å². The van der Waals surface area contributed by atoms with Gasteiger partial charge in [-0.1, -0.05) is 17.5 Å². The molecule has 0 radical (unpaired) electrons. The van der Waals surface area contributed by atoms with E-state index in [1.54, 1.807) is 37.1 Å². The molecule has 4 heterocycles. The molecule has 1 atom stereocenters. The Morgan fingerprint density at radius 1 is 1.35 bits per heavy atom. The lowest BCUT2D eigenvalue weighted by Crippen LogP contribution is -2.36. The monoisotopic (exact) mass is 540 g/mol. The summed E-state index contributed by atoms with van der Waals surface area (Å²) in [5, 5.41) is 2.71. The lowest BCUT2D eigenvalue weighted by molar-refractivity contribution is 0.00195. The van der Waals surface area contributed by atoms with Gasteiger partial charge in [-0.3, -0.25) is 14.3 Å². The highest BCUT2D eigenvalue weighted by Crippen LogP contribution is 2.40. The molecule has 5 rings (SSSR count). The van der Waals surface area contributed by atoms with Crippen molar-refractivity contribution in [2.45, 2.75) is 26.0 Å². The van der Waals surface area contributed by atoms with Gasteiger partial charge in [0, 0.05) is 31.6 Å². The molecule has 11 heteroatoms. The van der Waals surface area contributed by atoms with Gasteiger partial charge in [0.25, 0.3) is 5.91 Å². The fraction of sp³-hybridized carbons (Fsp3) is 0.269. The molecule has 1 N–H and O–H groups in total. The number of likely N-dealkylation sites (tertiary alicyclic amines) is 1. The molecule has 8 nitrogen and oxygen atoms in total. The number of hydrogen-bond acceptors (Lipinski definition) is 6. The fourth-order valence-electron chi connectivity index (χ4n) is 4.52. The van der Waals surface area contributed by atoms with Crippen molar-refractivity contribution in [1.82, 2.24) is 19.8 Å². The zero-order chi connectivity index (χ0) is 26.3. The summed E-state index contributed by atoms with van der Waals surface area (Å²) in [6.07, 6.45) is 8.17. The predicted molar refractivity (Wildman–Crippen MR) is 140 cm³/mol. The topological polar surface area (TPSA) is 85.7 Å². The van der Waals surface area contributed by atoms with Crippen LogP contribution in [0.3, 0.4) is 0 Å². The van der Waals surface area contributed by atoms with Gasteiger partial charge in [0.1, 0.15) is 12.0 Å². The van der Waals surface area contributed by atoms with Crippen LogP contribution in [0.4, 0.5) is 9.18 Å². The number of carbonyl (C=O) groups is 2. The standard InChI is InChI=1S/C26H22ClFN4O4S/c1-4-10-30-26(34)32-14(2)22(27)21-16(32)7-8-17(23(21)28)36-18-9-11-29-15-13-19(37-24(15)18)25(33)31-12-5-6-20(31)35-3/h1,7-9,11,13,20H,5-6,10,12H2,2-3H3,(H,30,34). The largest absolute Gasteiger partial charge is 0.453 e. The molecule has 1 aliphatic rings. The lowest BCUT2D eigenvalue weighted by Gasteiger charge is -2.22. The first-order valence-corrected chi connectivity index (χ1v) is 12.7. The number of hydrogen-bond donors (Lipinski definition) is 1. The molecule has 1 unspecified atom stereocenters. The summed E-state index contributed by atoms with van der Waals surface area (Å²) < 4.78 is 28.9. The van der Waals surface area contributed by atoms with Crippen LogP contribution in [-0.4, -0.2) is 52.8 Å². The number of terminal acetylenes is 1. The number of thiophene rings is 1. The summed E-state index contributed by atoms with van der Waals surface area (Å²) in [6.45, 7) is 2.25. The van der Waals surface area contributed by atoms with Crippen LogP contribution < -0.4 is 10.1 Å². The van der Waals surface area contributed by atoms with E-state index in [1.165, 1.54) is 28.2 Å². The van der Waals surface area contributed by atoms with Crippen LogP contribution in [0.1, 0.15) is 28.2 Å². The smallest absolute Gasteiger partial charge is 0.327 e. The summed E-state index contributed by atoms with van der Waals surface area (Å²) in [7, 11) is 1.59. The summed E-state index contributed by atoms with van der Waals surface area (Å²) in [5.74, 6) is 1.73. The van der Waals surface area contributed by atoms with E-state index in [-0.39, 0.29) is 40.4 Å². The van der Waals surface area contributed by atoms with Crippen LogP contribution in [0.25, 0.3) is 21.1 Å². The zero-order valence-electron chi connectivity index (χ0n) is 20.0. The van der Waals surface area contributed by atoms with Gasteiger partial charge in [0.15, 0.2) is 11.6 Å². The third-order valence-electron chi connectivity index (χ3n) is 6.28. The molecular formula is C26H22ClFN4O4S. The molecule has 37 heavy (non-hydrogen) atoms. The molecule has 1 aliphatic heterocycles. The van der Waals surface area contributed by atoms with Crippen LogP contribution in [0.5, 0.6) is 11.5 Å². The highest BCUT2D eigenvalue weighted by Gasteiger charge is 2.31. The quantitative estimate of drug-likeness (QED) is 0.336. The first-order valence-electron chi connectivity index (χ1n) is 11.5. The average Bonchev–Trinajstić information content (AvgIpc) is 3.61. The number of pyridine rings is 1. The number of rotatable bonds is 5. The minimum atomic E-state index is -0.716. The molecule has 190 valence electrons. The van der Waals surface area contributed by atoms with Gasteiger partial charge in [-0.25, -0.2) is 9.18 Å². The first-order chi connectivity index (χ1) is 17.8. The van der Waals surface area contributed by atoms with E-state index in [0.29, 0.717) is 33.1 Å². The van der Waals surface area contributed by atoms with Crippen LogP contribution >= 0.6 is 22.9 Å². The van der Waals surface area contributed by atoms with Crippen molar-refractivity contribution in [2.24, 2.45) is 0 Å². The Morgan fingerprint density at radius 2 is 2.16 bits per heavy atom. The van der Waals surface area contributed by atoms with Crippen LogP contribution in [0.2, 0.25) is 5.02 Å². The SMILES string of the molecule is C#CCNC(=O)n1c(C)c(Cl)c2c(F)c(Oc3ccnc4cc(C(=O)N5CCCC5OC)sc34)ccc21. The summed E-state index contributed by atoms with van der Waals surface area (Å²) in [6, 6.07) is 5.78. The maximum absolute atomic E-state index is 15.7. The second kappa shape index (κ2) is 10.0. The Kier molecular flexibility index (Phi) is 6.77. The highest BCUT2D eigenvalue weighted by atomic mass is 35.5. The Balaban J connectivity index is 1.50. The number of halogens is 2. The number of benzene rings is 1.